The Bertz CT molecular complexity index is 1100. The first-order chi connectivity index (χ1) is 14.1. The maximum Gasteiger partial charge on any atom is 0.235 e. The summed E-state index contributed by atoms with van der Waals surface area (Å²) in [5, 5.41) is 15.2. The minimum atomic E-state index is -1.39. The predicted octanol–water partition coefficient (Wildman–Crippen LogP) is 5.23. The summed E-state index contributed by atoms with van der Waals surface area (Å²) in [6, 6.07) is 19.8. The number of phenols is 1. The van der Waals surface area contributed by atoms with Gasteiger partial charge in [0.2, 0.25) is 6.36 Å². The number of rotatable bonds is 6. The van der Waals surface area contributed by atoms with Crippen LogP contribution in [0, 0.1) is 0 Å². The third-order valence-electron chi connectivity index (χ3n) is 4.56. The first-order valence-corrected chi connectivity index (χ1v) is 9.26. The van der Waals surface area contributed by atoms with Crippen LogP contribution in [0.1, 0.15) is 24.1 Å². The Hall–Kier alpha value is -3.67. The topological polar surface area (TPSA) is 67.3 Å². The van der Waals surface area contributed by atoms with Gasteiger partial charge in [-0.15, -0.1) is 0 Å². The van der Waals surface area contributed by atoms with Crippen LogP contribution in [-0.4, -0.2) is 21.4 Å². The largest absolute Gasteiger partial charge is 0.505 e. The third kappa shape index (κ3) is 4.11. The lowest BCUT2D eigenvalue weighted by Crippen LogP contribution is -2.14. The number of ether oxygens (including phenoxy) is 1. The lowest BCUT2D eigenvalue weighted by molar-refractivity contribution is 0.0860. The van der Waals surface area contributed by atoms with Gasteiger partial charge in [-0.25, -0.2) is 9.37 Å². The van der Waals surface area contributed by atoms with Crippen LogP contribution in [0.3, 0.4) is 0 Å². The highest BCUT2D eigenvalue weighted by Crippen LogP contribution is 2.36. The predicted molar refractivity (Wildman–Crippen MR) is 111 cm³/mol. The number of alkyl halides is 1. The molecule has 2 atom stereocenters. The second kappa shape index (κ2) is 8.14. The molecule has 6 heteroatoms. The number of benzene rings is 2. The van der Waals surface area contributed by atoms with Crippen molar-refractivity contribution in [2.24, 2.45) is 0 Å². The molecule has 0 aliphatic carbocycles. The number of hydrogen-bond acceptors (Lipinski definition) is 5. The summed E-state index contributed by atoms with van der Waals surface area (Å²) in [4.78, 5) is 8.65. The highest BCUT2D eigenvalue weighted by atomic mass is 19.1. The summed E-state index contributed by atoms with van der Waals surface area (Å²) < 4.78 is 18.2. The van der Waals surface area contributed by atoms with Crippen LogP contribution in [-0.2, 0) is 0 Å². The normalized spacial score (nSPS) is 13.0. The lowest BCUT2D eigenvalue weighted by atomic mass is 9.96. The number of anilines is 1. The average Bonchev–Trinajstić information content (AvgIpc) is 2.74. The molecule has 0 saturated heterocycles. The first kappa shape index (κ1) is 18.7. The van der Waals surface area contributed by atoms with Crippen molar-refractivity contribution in [3.63, 3.8) is 0 Å². The van der Waals surface area contributed by atoms with Gasteiger partial charge in [-0.1, -0.05) is 36.4 Å². The van der Waals surface area contributed by atoms with Gasteiger partial charge in [0, 0.05) is 30.3 Å². The number of phenolic OH excluding ortho intramolecular Hbond substituents is 1. The van der Waals surface area contributed by atoms with Crippen molar-refractivity contribution in [2.75, 3.05) is 5.32 Å². The number of aromatic nitrogens is 2. The highest BCUT2D eigenvalue weighted by molar-refractivity contribution is 5.86. The van der Waals surface area contributed by atoms with Gasteiger partial charge in [-0.05, 0) is 35.9 Å². The van der Waals surface area contributed by atoms with E-state index in [0.717, 1.165) is 10.9 Å². The second-order valence-corrected chi connectivity index (χ2v) is 6.60. The van der Waals surface area contributed by atoms with Crippen LogP contribution < -0.4 is 10.1 Å². The molecule has 2 N–H and O–H groups in total. The molecule has 0 bridgehead atoms. The van der Waals surface area contributed by atoms with Crippen molar-refractivity contribution in [3.8, 4) is 11.5 Å². The van der Waals surface area contributed by atoms with Gasteiger partial charge in [-0.2, -0.15) is 0 Å². The zero-order valence-electron chi connectivity index (χ0n) is 15.8. The molecular weight excluding hydrogens is 369 g/mol. The van der Waals surface area contributed by atoms with Gasteiger partial charge in [-0.3, -0.25) is 4.98 Å². The number of fused-ring (bicyclic) bond motifs is 1. The summed E-state index contributed by atoms with van der Waals surface area (Å²) in [5.74, 6) is 1.20. The Morgan fingerprint density at radius 1 is 0.931 bits per heavy atom. The van der Waals surface area contributed by atoms with Crippen molar-refractivity contribution >= 4 is 16.7 Å². The average molecular weight is 389 g/mol. The molecule has 29 heavy (non-hydrogen) atoms. The monoisotopic (exact) mass is 389 g/mol. The highest BCUT2D eigenvalue weighted by Gasteiger charge is 2.20. The van der Waals surface area contributed by atoms with Gasteiger partial charge >= 0.3 is 0 Å². The molecule has 0 aliphatic heterocycles. The molecule has 0 fully saturated rings. The lowest BCUT2D eigenvalue weighted by Gasteiger charge is -2.22. The number of nitrogens with zero attached hydrogens (tertiary/aromatic N) is 2. The smallest absolute Gasteiger partial charge is 0.235 e. The Morgan fingerprint density at radius 2 is 1.72 bits per heavy atom. The SMILES string of the molecule is CC(F)Oc1ccc(C(Nc2ccccn2)c2ccc3cccnc3c2O)cc1. The van der Waals surface area contributed by atoms with E-state index in [1.165, 1.54) is 6.92 Å². The number of pyridine rings is 2. The number of hydrogen-bond donors (Lipinski definition) is 2. The van der Waals surface area contributed by atoms with Gasteiger partial charge in [0.15, 0.2) is 0 Å². The molecular formula is C23H20FN3O2. The van der Waals surface area contributed by atoms with E-state index in [9.17, 15) is 9.50 Å². The van der Waals surface area contributed by atoms with E-state index in [4.69, 9.17) is 4.74 Å². The fraction of sp³-hybridized carbons (Fsp3) is 0.130. The van der Waals surface area contributed by atoms with Crippen LogP contribution in [0.2, 0.25) is 0 Å². The van der Waals surface area contributed by atoms with Crippen molar-refractivity contribution < 1.29 is 14.2 Å². The maximum absolute atomic E-state index is 13.1. The molecule has 5 nitrogen and oxygen atoms in total. The van der Waals surface area contributed by atoms with Gasteiger partial charge in [0.25, 0.3) is 0 Å². The minimum absolute atomic E-state index is 0.106. The van der Waals surface area contributed by atoms with E-state index < -0.39 is 12.4 Å². The van der Waals surface area contributed by atoms with Gasteiger partial charge in [0.05, 0.1) is 6.04 Å². The summed E-state index contributed by atoms with van der Waals surface area (Å²) in [6.45, 7) is 1.33. The molecule has 4 aromatic rings. The Kier molecular flexibility index (Phi) is 5.24. The van der Waals surface area contributed by atoms with E-state index in [1.807, 2.05) is 54.6 Å². The van der Waals surface area contributed by atoms with Crippen LogP contribution in [0.15, 0.2) is 79.1 Å². The summed E-state index contributed by atoms with van der Waals surface area (Å²) in [6.07, 6.45) is 1.96. The molecule has 0 radical (unpaired) electrons. The molecule has 2 aromatic heterocycles. The summed E-state index contributed by atoms with van der Waals surface area (Å²) in [5.41, 5.74) is 2.05. The molecule has 4 rings (SSSR count). The molecule has 2 aromatic carbocycles. The van der Waals surface area contributed by atoms with Crippen molar-refractivity contribution in [2.45, 2.75) is 19.3 Å². The molecule has 0 saturated carbocycles. The van der Waals surface area contributed by atoms with Crippen molar-refractivity contribution in [1.29, 1.82) is 0 Å². The Labute approximate surface area is 167 Å². The third-order valence-corrected chi connectivity index (χ3v) is 4.56. The fourth-order valence-electron chi connectivity index (χ4n) is 3.24. The number of halogens is 1. The molecule has 0 aliphatic rings. The second-order valence-electron chi connectivity index (χ2n) is 6.60. The first-order valence-electron chi connectivity index (χ1n) is 9.26. The fourth-order valence-corrected chi connectivity index (χ4v) is 3.24. The Balaban J connectivity index is 1.77. The van der Waals surface area contributed by atoms with Gasteiger partial charge < -0.3 is 15.2 Å². The molecule has 0 spiro atoms. The van der Waals surface area contributed by atoms with Crippen LogP contribution in [0.25, 0.3) is 10.9 Å². The molecule has 0 amide bonds. The van der Waals surface area contributed by atoms with E-state index in [1.54, 1.807) is 24.5 Å². The van der Waals surface area contributed by atoms with Crippen molar-refractivity contribution in [3.05, 3.63) is 90.3 Å². The molecule has 2 unspecified atom stereocenters. The number of nitrogens with one attached hydrogen (secondary N) is 1. The maximum atomic E-state index is 13.1. The quantitative estimate of drug-likeness (QED) is 0.473. The zero-order chi connectivity index (χ0) is 20.2. The number of aromatic hydroxyl groups is 1. The molecule has 146 valence electrons. The van der Waals surface area contributed by atoms with Gasteiger partial charge in [0.1, 0.15) is 22.8 Å². The summed E-state index contributed by atoms with van der Waals surface area (Å²) in [7, 11) is 0. The zero-order valence-corrected chi connectivity index (χ0v) is 15.8. The Morgan fingerprint density at radius 3 is 2.45 bits per heavy atom. The summed E-state index contributed by atoms with van der Waals surface area (Å²) >= 11 is 0. The van der Waals surface area contributed by atoms with E-state index in [-0.39, 0.29) is 5.75 Å². The van der Waals surface area contributed by atoms with Crippen LogP contribution in [0.5, 0.6) is 11.5 Å². The van der Waals surface area contributed by atoms with E-state index in [0.29, 0.717) is 22.6 Å². The standard InChI is InChI=1S/C23H20FN3O2/c1-15(24)29-18-10-7-17(8-11-18)21(27-20-6-2-3-13-25-20)19-12-9-16-5-4-14-26-22(16)23(19)28/h2-15,21,28H,1H3,(H,25,27). The van der Waals surface area contributed by atoms with E-state index in [2.05, 4.69) is 15.3 Å². The van der Waals surface area contributed by atoms with Crippen LogP contribution >= 0.6 is 0 Å². The van der Waals surface area contributed by atoms with E-state index >= 15 is 0 Å². The van der Waals surface area contributed by atoms with Crippen LogP contribution in [0.4, 0.5) is 10.2 Å². The minimum Gasteiger partial charge on any atom is -0.505 e. The molecule has 2 heterocycles. The van der Waals surface area contributed by atoms with Crippen molar-refractivity contribution in [1.82, 2.24) is 9.97 Å².